The molecule has 1 aromatic rings. The molecule has 0 spiro atoms. The third kappa shape index (κ3) is 3.82. The van der Waals surface area contributed by atoms with Crippen LogP contribution in [0.2, 0.25) is 0 Å². The molecular weight excluding hydrogens is 286 g/mol. The Hall–Kier alpha value is -1.95. The molecule has 22 heavy (non-hydrogen) atoms. The molecule has 0 heterocycles. The lowest BCUT2D eigenvalue weighted by molar-refractivity contribution is -0.138. The van der Waals surface area contributed by atoms with Crippen LogP contribution in [-0.2, 0) is 4.79 Å². The highest BCUT2D eigenvalue weighted by Gasteiger charge is 2.25. The summed E-state index contributed by atoms with van der Waals surface area (Å²) in [5.41, 5.74) is 6.57. The number of carboxylic acids is 1. The Morgan fingerprint density at radius 2 is 1.73 bits per heavy atom. The number of rotatable bonds is 8. The van der Waals surface area contributed by atoms with Gasteiger partial charge in [0.1, 0.15) is 6.04 Å². The lowest BCUT2D eigenvalue weighted by atomic mass is 9.84. The molecule has 0 amide bonds. The number of hydrogen-bond donors (Lipinski definition) is 2. The topological polar surface area (TPSA) is 91.0 Å². The smallest absolute Gasteiger partial charge is 0.320 e. The van der Waals surface area contributed by atoms with E-state index in [0.29, 0.717) is 23.7 Å². The van der Waals surface area contributed by atoms with Crippen molar-refractivity contribution in [3.05, 3.63) is 17.7 Å². The van der Waals surface area contributed by atoms with Gasteiger partial charge in [-0.25, -0.2) is 0 Å². The highest BCUT2D eigenvalue weighted by Crippen LogP contribution is 2.44. The van der Waals surface area contributed by atoms with Crippen LogP contribution in [-0.4, -0.2) is 38.4 Å². The monoisotopic (exact) mass is 311 g/mol. The first-order valence-corrected chi connectivity index (χ1v) is 7.14. The van der Waals surface area contributed by atoms with Gasteiger partial charge in [-0.2, -0.15) is 0 Å². The second kappa shape index (κ2) is 7.89. The standard InChI is InChI=1S/C16H25NO5/c1-9(8-12(17)16(18)19)10(2)11-6-7-13(20-3)15(22-5)14(11)21-4/h6-7,9-10,12H,8,17H2,1-5H3,(H,18,19). The zero-order valence-corrected chi connectivity index (χ0v) is 13.8. The van der Waals surface area contributed by atoms with Gasteiger partial charge in [-0.1, -0.05) is 19.9 Å². The van der Waals surface area contributed by atoms with E-state index in [4.69, 9.17) is 25.1 Å². The van der Waals surface area contributed by atoms with Crippen molar-refractivity contribution in [3.8, 4) is 17.2 Å². The molecule has 0 aliphatic carbocycles. The van der Waals surface area contributed by atoms with E-state index < -0.39 is 12.0 Å². The number of carboxylic acid groups (broad SMARTS) is 1. The van der Waals surface area contributed by atoms with Gasteiger partial charge < -0.3 is 25.1 Å². The van der Waals surface area contributed by atoms with E-state index in [0.717, 1.165) is 5.56 Å². The van der Waals surface area contributed by atoms with Gasteiger partial charge in [0.2, 0.25) is 5.75 Å². The van der Waals surface area contributed by atoms with E-state index in [9.17, 15) is 4.79 Å². The van der Waals surface area contributed by atoms with Crippen LogP contribution in [0.1, 0.15) is 31.7 Å². The molecule has 1 rings (SSSR count). The minimum atomic E-state index is -0.988. The summed E-state index contributed by atoms with van der Waals surface area (Å²) in [5, 5.41) is 8.95. The second-order valence-electron chi connectivity index (χ2n) is 5.37. The van der Waals surface area contributed by atoms with Gasteiger partial charge in [-0.15, -0.1) is 0 Å². The Bertz CT molecular complexity index is 518. The molecule has 0 radical (unpaired) electrons. The Kier molecular flexibility index (Phi) is 6.49. The minimum Gasteiger partial charge on any atom is -0.493 e. The quantitative estimate of drug-likeness (QED) is 0.765. The molecule has 3 N–H and O–H groups in total. The van der Waals surface area contributed by atoms with Crippen molar-refractivity contribution in [1.82, 2.24) is 0 Å². The molecule has 6 nitrogen and oxygen atoms in total. The maximum absolute atomic E-state index is 10.9. The molecule has 3 unspecified atom stereocenters. The van der Waals surface area contributed by atoms with Crippen LogP contribution in [0.5, 0.6) is 17.2 Å². The summed E-state index contributed by atoms with van der Waals surface area (Å²) in [6.07, 6.45) is 0.383. The van der Waals surface area contributed by atoms with Crippen LogP contribution in [0.25, 0.3) is 0 Å². The van der Waals surface area contributed by atoms with Crippen molar-refractivity contribution in [2.24, 2.45) is 11.7 Å². The Balaban J connectivity index is 3.12. The van der Waals surface area contributed by atoms with Crippen LogP contribution >= 0.6 is 0 Å². The van der Waals surface area contributed by atoms with Crippen LogP contribution in [0.4, 0.5) is 0 Å². The molecule has 0 saturated heterocycles. The first-order valence-electron chi connectivity index (χ1n) is 7.14. The lowest BCUT2D eigenvalue weighted by Crippen LogP contribution is -2.32. The van der Waals surface area contributed by atoms with E-state index in [1.807, 2.05) is 26.0 Å². The molecule has 0 aliphatic rings. The summed E-state index contributed by atoms with van der Waals surface area (Å²) >= 11 is 0. The van der Waals surface area contributed by atoms with Crippen LogP contribution in [0.3, 0.4) is 0 Å². The minimum absolute atomic E-state index is 0.0557. The first kappa shape index (κ1) is 18.1. The molecule has 0 aromatic heterocycles. The summed E-state index contributed by atoms with van der Waals surface area (Å²) in [5.74, 6) is 0.857. The average Bonchev–Trinajstić information content (AvgIpc) is 2.51. The number of ether oxygens (including phenoxy) is 3. The zero-order chi connectivity index (χ0) is 16.9. The van der Waals surface area contributed by atoms with Gasteiger partial charge in [-0.05, 0) is 24.3 Å². The zero-order valence-electron chi connectivity index (χ0n) is 13.8. The summed E-state index contributed by atoms with van der Waals surface area (Å²) in [6, 6.07) is 2.86. The largest absolute Gasteiger partial charge is 0.493 e. The lowest BCUT2D eigenvalue weighted by Gasteiger charge is -2.25. The van der Waals surface area contributed by atoms with Crippen molar-refractivity contribution in [2.45, 2.75) is 32.2 Å². The van der Waals surface area contributed by atoms with Gasteiger partial charge in [0.25, 0.3) is 0 Å². The number of hydrogen-bond acceptors (Lipinski definition) is 5. The Morgan fingerprint density at radius 3 is 2.18 bits per heavy atom. The number of nitrogens with two attached hydrogens (primary N) is 1. The van der Waals surface area contributed by atoms with Crippen molar-refractivity contribution in [2.75, 3.05) is 21.3 Å². The third-order valence-corrected chi connectivity index (χ3v) is 4.02. The summed E-state index contributed by atoms with van der Waals surface area (Å²) in [4.78, 5) is 10.9. The SMILES string of the molecule is COc1ccc(C(C)C(C)CC(N)C(=O)O)c(OC)c1OC. The molecule has 0 aliphatic heterocycles. The normalized spacial score (nSPS) is 14.8. The fourth-order valence-electron chi connectivity index (χ4n) is 2.49. The number of carbonyl (C=O) groups is 1. The summed E-state index contributed by atoms with van der Waals surface area (Å²) < 4.78 is 16.1. The second-order valence-corrected chi connectivity index (χ2v) is 5.37. The fraction of sp³-hybridized carbons (Fsp3) is 0.562. The van der Waals surface area contributed by atoms with Gasteiger partial charge in [0.15, 0.2) is 11.5 Å². The van der Waals surface area contributed by atoms with E-state index in [1.54, 1.807) is 21.3 Å². The van der Waals surface area contributed by atoms with Crippen molar-refractivity contribution < 1.29 is 24.1 Å². The summed E-state index contributed by atoms with van der Waals surface area (Å²) in [6.45, 7) is 3.99. The average molecular weight is 311 g/mol. The van der Waals surface area contributed by atoms with E-state index in [2.05, 4.69) is 0 Å². The maximum atomic E-state index is 10.9. The molecule has 0 bridgehead atoms. The van der Waals surface area contributed by atoms with Gasteiger partial charge >= 0.3 is 5.97 Å². The van der Waals surface area contributed by atoms with E-state index >= 15 is 0 Å². The maximum Gasteiger partial charge on any atom is 0.320 e. The van der Waals surface area contributed by atoms with Crippen LogP contribution in [0.15, 0.2) is 12.1 Å². The molecule has 1 aromatic carbocycles. The van der Waals surface area contributed by atoms with Crippen LogP contribution in [0, 0.1) is 5.92 Å². The highest BCUT2D eigenvalue weighted by molar-refractivity contribution is 5.73. The Morgan fingerprint density at radius 1 is 1.14 bits per heavy atom. The molecule has 0 fully saturated rings. The molecular formula is C16H25NO5. The highest BCUT2D eigenvalue weighted by atomic mass is 16.5. The summed E-state index contributed by atoms with van der Waals surface area (Å²) in [7, 11) is 4.69. The molecule has 3 atom stereocenters. The van der Waals surface area contributed by atoms with Gasteiger partial charge in [0.05, 0.1) is 21.3 Å². The van der Waals surface area contributed by atoms with Gasteiger partial charge in [0, 0.05) is 5.56 Å². The van der Waals surface area contributed by atoms with Crippen molar-refractivity contribution in [1.29, 1.82) is 0 Å². The predicted molar refractivity (Wildman–Crippen MR) is 83.9 cm³/mol. The van der Waals surface area contributed by atoms with E-state index in [-0.39, 0.29) is 11.8 Å². The van der Waals surface area contributed by atoms with E-state index in [1.165, 1.54) is 0 Å². The fourth-order valence-corrected chi connectivity index (χ4v) is 2.49. The van der Waals surface area contributed by atoms with Crippen molar-refractivity contribution in [3.63, 3.8) is 0 Å². The number of methoxy groups -OCH3 is 3. The van der Waals surface area contributed by atoms with Gasteiger partial charge in [-0.3, -0.25) is 4.79 Å². The Labute approximate surface area is 131 Å². The predicted octanol–water partition coefficient (Wildman–Crippen LogP) is 2.25. The van der Waals surface area contributed by atoms with Crippen molar-refractivity contribution >= 4 is 5.97 Å². The third-order valence-electron chi connectivity index (χ3n) is 4.02. The number of benzene rings is 1. The number of aliphatic carboxylic acids is 1. The molecule has 124 valence electrons. The van der Waals surface area contributed by atoms with Crippen LogP contribution < -0.4 is 19.9 Å². The first-order chi connectivity index (χ1) is 10.4. The molecule has 6 heteroatoms. The molecule has 0 saturated carbocycles.